The van der Waals surface area contributed by atoms with Gasteiger partial charge in [-0.25, -0.2) is 0 Å². The molecule has 0 saturated heterocycles. The summed E-state index contributed by atoms with van der Waals surface area (Å²) in [5.41, 5.74) is 13.2. The van der Waals surface area contributed by atoms with Crippen LogP contribution in [-0.2, 0) is 0 Å². The molecule has 0 spiro atoms. The van der Waals surface area contributed by atoms with Gasteiger partial charge >= 0.3 is 0 Å². The summed E-state index contributed by atoms with van der Waals surface area (Å²) in [4.78, 5) is 0. The van der Waals surface area contributed by atoms with Crippen molar-refractivity contribution in [2.24, 2.45) is 0 Å². The van der Waals surface area contributed by atoms with Crippen molar-refractivity contribution in [1.82, 2.24) is 4.57 Å². The Labute approximate surface area is 407 Å². The molecule has 2 aromatic heterocycles. The maximum absolute atomic E-state index is 3.06. The summed E-state index contributed by atoms with van der Waals surface area (Å²) >= 11 is 1.89. The molecular weight excluding hydrogens is 867 g/mol. The van der Waals surface area contributed by atoms with Crippen molar-refractivity contribution in [3.8, 4) is 50.2 Å². The SMILES string of the molecule is c1ccc(-c2ccc([Si](c3ccccc3)(c3ccccc3)c3cc(-c4ccccc4)c(-n4c5ccccc5c5cc(-c6cccc7c6sc6ccccc67)ccc54)c(-c4ccccc4)c3)cc2)cc1. The van der Waals surface area contributed by atoms with Crippen LogP contribution in [0.2, 0.25) is 0 Å². The smallest absolute Gasteiger partial charge is 0.179 e. The van der Waals surface area contributed by atoms with E-state index in [0.717, 1.165) is 0 Å². The van der Waals surface area contributed by atoms with Crippen LogP contribution < -0.4 is 20.7 Å². The van der Waals surface area contributed by atoms with E-state index in [0.29, 0.717) is 0 Å². The van der Waals surface area contributed by atoms with Gasteiger partial charge in [-0.3, -0.25) is 0 Å². The van der Waals surface area contributed by atoms with Gasteiger partial charge < -0.3 is 4.57 Å². The lowest BCUT2D eigenvalue weighted by atomic mass is 9.95. The van der Waals surface area contributed by atoms with Crippen molar-refractivity contribution < 1.29 is 0 Å². The lowest BCUT2D eigenvalue weighted by Crippen LogP contribution is -2.74. The van der Waals surface area contributed by atoms with E-state index < -0.39 is 8.07 Å². The first-order valence-electron chi connectivity index (χ1n) is 23.7. The molecule has 0 unspecified atom stereocenters. The Morgan fingerprint density at radius 3 is 1.36 bits per heavy atom. The van der Waals surface area contributed by atoms with Crippen LogP contribution in [0.1, 0.15) is 0 Å². The zero-order chi connectivity index (χ0) is 45.7. The topological polar surface area (TPSA) is 4.93 Å². The lowest BCUT2D eigenvalue weighted by molar-refractivity contribution is 1.18. The van der Waals surface area contributed by atoms with Gasteiger partial charge in [-0.15, -0.1) is 11.3 Å². The molecule has 3 heteroatoms. The minimum absolute atomic E-state index is 1.17. The van der Waals surface area contributed by atoms with Crippen LogP contribution in [0.25, 0.3) is 92.2 Å². The normalized spacial score (nSPS) is 11.8. The minimum atomic E-state index is -3.06. The van der Waals surface area contributed by atoms with E-state index in [-0.39, 0.29) is 0 Å². The standard InChI is InChI=1S/C66H45NSSi/c1-6-21-46(22-7-1)47-37-40-53(41-38-47)69(51-27-12-4-13-28-51,52-29-14-5-15-30-52)54-44-59(48-23-8-2-9-24-48)65(60(45-54)49-25-10-3-11-26-49)67-62-35-18-16-31-56(62)61-43-50(39-42-63(61)67)55-33-20-34-58-57-32-17-19-36-64(57)68-66(55)58/h1-45H. The molecule has 0 atom stereocenters. The lowest BCUT2D eigenvalue weighted by Gasteiger charge is -2.36. The van der Waals surface area contributed by atoms with Gasteiger partial charge in [0, 0.05) is 42.1 Å². The molecule has 0 saturated carbocycles. The third kappa shape index (κ3) is 6.81. The highest BCUT2D eigenvalue weighted by molar-refractivity contribution is 7.26. The first-order valence-corrected chi connectivity index (χ1v) is 26.6. The molecule has 0 radical (unpaired) electrons. The van der Waals surface area contributed by atoms with Gasteiger partial charge in [-0.2, -0.15) is 0 Å². The number of fused-ring (bicyclic) bond motifs is 6. The summed E-state index contributed by atoms with van der Waals surface area (Å²) in [5.74, 6) is 0. The number of benzene rings is 11. The number of hydrogen-bond acceptors (Lipinski definition) is 1. The van der Waals surface area contributed by atoms with Crippen LogP contribution in [0.4, 0.5) is 0 Å². The molecule has 13 aromatic rings. The maximum Gasteiger partial charge on any atom is 0.179 e. The quantitative estimate of drug-likeness (QED) is 0.100. The van der Waals surface area contributed by atoms with E-state index in [4.69, 9.17) is 0 Å². The Balaban J connectivity index is 1.13. The molecule has 11 aromatic carbocycles. The molecular formula is C66H45NSSi. The molecule has 0 fully saturated rings. The molecule has 0 aliphatic heterocycles. The molecule has 1 nitrogen and oxygen atoms in total. The number of para-hydroxylation sites is 1. The highest BCUT2D eigenvalue weighted by atomic mass is 32.1. The Bertz CT molecular complexity index is 3870. The van der Waals surface area contributed by atoms with Gasteiger partial charge in [0.25, 0.3) is 0 Å². The predicted octanol–water partition coefficient (Wildman–Crippen LogP) is 15.2. The van der Waals surface area contributed by atoms with E-state index in [9.17, 15) is 0 Å². The average Bonchev–Trinajstić information content (AvgIpc) is 3.98. The van der Waals surface area contributed by atoms with E-state index in [1.54, 1.807) is 0 Å². The predicted molar refractivity (Wildman–Crippen MR) is 299 cm³/mol. The van der Waals surface area contributed by atoms with Gasteiger partial charge in [0.2, 0.25) is 0 Å². The number of aromatic nitrogens is 1. The fourth-order valence-corrected chi connectivity index (χ4v) is 17.1. The van der Waals surface area contributed by atoms with Crippen molar-refractivity contribution in [1.29, 1.82) is 0 Å². The second-order valence-electron chi connectivity index (χ2n) is 17.9. The number of hydrogen-bond donors (Lipinski definition) is 0. The van der Waals surface area contributed by atoms with Crippen LogP contribution in [0.15, 0.2) is 273 Å². The fourth-order valence-electron chi connectivity index (χ4n) is 11.0. The van der Waals surface area contributed by atoms with E-state index in [1.165, 1.54) is 113 Å². The summed E-state index contributed by atoms with van der Waals surface area (Å²) in [6.07, 6.45) is 0. The molecule has 324 valence electrons. The Hall–Kier alpha value is -8.34. The second kappa shape index (κ2) is 17.1. The minimum Gasteiger partial charge on any atom is -0.308 e. The second-order valence-corrected chi connectivity index (χ2v) is 22.8. The summed E-state index contributed by atoms with van der Waals surface area (Å²) in [7, 11) is -3.06. The van der Waals surface area contributed by atoms with Gasteiger partial charge in [-0.1, -0.05) is 249 Å². The number of thiophene rings is 1. The highest BCUT2D eigenvalue weighted by Crippen LogP contribution is 2.44. The van der Waals surface area contributed by atoms with E-state index >= 15 is 0 Å². The highest BCUT2D eigenvalue weighted by Gasteiger charge is 2.42. The van der Waals surface area contributed by atoms with Gasteiger partial charge in [0.05, 0.1) is 16.7 Å². The molecule has 2 heterocycles. The molecule has 0 aliphatic rings. The Morgan fingerprint density at radius 2 is 0.739 bits per heavy atom. The largest absolute Gasteiger partial charge is 0.308 e. The molecule has 0 N–H and O–H groups in total. The van der Waals surface area contributed by atoms with Crippen molar-refractivity contribution >= 4 is 82.1 Å². The van der Waals surface area contributed by atoms with Gasteiger partial charge in [0.1, 0.15) is 0 Å². The molecule has 0 amide bonds. The third-order valence-electron chi connectivity index (χ3n) is 14.2. The average molecular weight is 912 g/mol. The monoisotopic (exact) mass is 911 g/mol. The number of nitrogens with zero attached hydrogens (tertiary/aromatic N) is 1. The summed E-state index contributed by atoms with van der Waals surface area (Å²) in [6, 6.07) is 102. The van der Waals surface area contributed by atoms with Crippen LogP contribution in [0.5, 0.6) is 0 Å². The summed E-state index contributed by atoms with van der Waals surface area (Å²) < 4.78 is 5.21. The fraction of sp³-hybridized carbons (Fsp3) is 0. The van der Waals surface area contributed by atoms with Gasteiger partial charge in [-0.05, 0) is 78.4 Å². The summed E-state index contributed by atoms with van der Waals surface area (Å²) in [6.45, 7) is 0. The molecule has 0 aliphatic carbocycles. The first-order chi connectivity index (χ1) is 34.2. The Morgan fingerprint density at radius 1 is 0.275 bits per heavy atom. The molecule has 69 heavy (non-hydrogen) atoms. The van der Waals surface area contributed by atoms with Crippen LogP contribution in [0, 0.1) is 0 Å². The van der Waals surface area contributed by atoms with Crippen molar-refractivity contribution in [3.63, 3.8) is 0 Å². The third-order valence-corrected chi connectivity index (χ3v) is 20.1. The van der Waals surface area contributed by atoms with Crippen LogP contribution in [0.3, 0.4) is 0 Å². The van der Waals surface area contributed by atoms with Gasteiger partial charge in [0.15, 0.2) is 8.07 Å². The molecule has 13 rings (SSSR count). The van der Waals surface area contributed by atoms with Crippen LogP contribution >= 0.6 is 11.3 Å². The number of rotatable bonds is 9. The van der Waals surface area contributed by atoms with Crippen molar-refractivity contribution in [2.45, 2.75) is 0 Å². The van der Waals surface area contributed by atoms with Crippen molar-refractivity contribution in [2.75, 3.05) is 0 Å². The first kappa shape index (κ1) is 40.9. The summed E-state index contributed by atoms with van der Waals surface area (Å²) in [5, 5.41) is 10.4. The zero-order valence-corrected chi connectivity index (χ0v) is 39.7. The molecule has 0 bridgehead atoms. The van der Waals surface area contributed by atoms with Crippen molar-refractivity contribution in [3.05, 3.63) is 273 Å². The Kier molecular flexibility index (Phi) is 10.1. The maximum atomic E-state index is 2.56. The van der Waals surface area contributed by atoms with E-state index in [1.807, 2.05) is 11.3 Å². The van der Waals surface area contributed by atoms with Crippen LogP contribution in [-0.4, -0.2) is 12.6 Å². The van der Waals surface area contributed by atoms with E-state index in [2.05, 4.69) is 278 Å². The zero-order valence-electron chi connectivity index (χ0n) is 37.8.